The molecule has 18 heavy (non-hydrogen) atoms. The van der Waals surface area contributed by atoms with Crippen LogP contribution in [0, 0.1) is 0 Å². The maximum absolute atomic E-state index is 12.0. The highest BCUT2D eigenvalue weighted by Gasteiger charge is 2.21. The number of likely N-dealkylation sites (tertiary alicyclic amines) is 1. The minimum Gasteiger partial charge on any atom is -0.495 e. The number of rotatable bonds is 2. The van der Waals surface area contributed by atoms with Gasteiger partial charge in [0, 0.05) is 25.9 Å². The first-order chi connectivity index (χ1) is 8.70. The number of ether oxygens (including phenoxy) is 1. The van der Waals surface area contributed by atoms with E-state index in [2.05, 4.69) is 5.32 Å². The van der Waals surface area contributed by atoms with Crippen molar-refractivity contribution in [2.75, 3.05) is 25.5 Å². The molecule has 0 atom stereocenters. The number of ketones is 1. The van der Waals surface area contributed by atoms with Crippen LogP contribution < -0.4 is 10.1 Å². The van der Waals surface area contributed by atoms with E-state index >= 15 is 0 Å². The second-order valence-corrected chi connectivity index (χ2v) is 4.16. The predicted octanol–water partition coefficient (Wildman–Crippen LogP) is 1.89. The summed E-state index contributed by atoms with van der Waals surface area (Å²) in [5, 5.41) is 2.80. The molecule has 5 nitrogen and oxygen atoms in total. The molecule has 0 unspecified atom stereocenters. The number of piperidine rings is 1. The van der Waals surface area contributed by atoms with E-state index in [1.165, 1.54) is 0 Å². The molecule has 2 rings (SSSR count). The molecule has 1 fully saturated rings. The molecule has 5 heteroatoms. The number of nitrogens with one attached hydrogen (secondary N) is 1. The average molecular weight is 248 g/mol. The highest BCUT2D eigenvalue weighted by atomic mass is 16.5. The van der Waals surface area contributed by atoms with Crippen LogP contribution in [-0.4, -0.2) is 36.9 Å². The largest absolute Gasteiger partial charge is 0.495 e. The molecular formula is C13H16N2O3. The summed E-state index contributed by atoms with van der Waals surface area (Å²) in [6.45, 7) is 0.972. The number of Topliss-reactive ketones (excluding diaryl/α,β-unsaturated/α-hetero) is 1. The second kappa shape index (κ2) is 5.53. The Morgan fingerprint density at radius 1 is 1.28 bits per heavy atom. The Hall–Kier alpha value is -2.04. The SMILES string of the molecule is COc1ccccc1NC(=O)N1CCC(=O)CC1. The van der Waals surface area contributed by atoms with Crippen molar-refractivity contribution in [2.45, 2.75) is 12.8 Å². The summed E-state index contributed by atoms with van der Waals surface area (Å²) in [6.07, 6.45) is 0.888. The molecule has 0 radical (unpaired) electrons. The third-order valence-corrected chi connectivity index (χ3v) is 2.96. The molecule has 1 N–H and O–H groups in total. The van der Waals surface area contributed by atoms with Gasteiger partial charge in [-0.3, -0.25) is 4.79 Å². The van der Waals surface area contributed by atoms with Gasteiger partial charge in [0.25, 0.3) is 0 Å². The molecule has 1 aliphatic heterocycles. The molecule has 1 aromatic rings. The van der Waals surface area contributed by atoms with Crippen molar-refractivity contribution >= 4 is 17.5 Å². The van der Waals surface area contributed by atoms with Crippen molar-refractivity contribution < 1.29 is 14.3 Å². The zero-order valence-corrected chi connectivity index (χ0v) is 10.3. The van der Waals surface area contributed by atoms with Gasteiger partial charge in [0.2, 0.25) is 0 Å². The predicted molar refractivity (Wildman–Crippen MR) is 67.8 cm³/mol. The maximum atomic E-state index is 12.0. The summed E-state index contributed by atoms with van der Waals surface area (Å²) in [7, 11) is 1.56. The molecule has 2 amide bonds. The van der Waals surface area contributed by atoms with Gasteiger partial charge in [0.15, 0.2) is 0 Å². The quantitative estimate of drug-likeness (QED) is 0.869. The highest BCUT2D eigenvalue weighted by Crippen LogP contribution is 2.23. The van der Waals surface area contributed by atoms with E-state index < -0.39 is 0 Å². The van der Waals surface area contributed by atoms with Gasteiger partial charge in [0.05, 0.1) is 12.8 Å². The topological polar surface area (TPSA) is 58.6 Å². The Morgan fingerprint density at radius 2 is 1.94 bits per heavy atom. The number of amides is 2. The van der Waals surface area contributed by atoms with E-state index in [0.717, 1.165) is 0 Å². The number of hydrogen-bond acceptors (Lipinski definition) is 3. The Balaban J connectivity index is 2.00. The number of benzene rings is 1. The van der Waals surface area contributed by atoms with Crippen LogP contribution in [0.2, 0.25) is 0 Å². The lowest BCUT2D eigenvalue weighted by Crippen LogP contribution is -2.41. The minimum atomic E-state index is -0.188. The van der Waals surface area contributed by atoms with Crippen molar-refractivity contribution in [1.29, 1.82) is 0 Å². The van der Waals surface area contributed by atoms with Crippen molar-refractivity contribution in [3.05, 3.63) is 24.3 Å². The van der Waals surface area contributed by atoms with E-state index in [0.29, 0.717) is 37.4 Å². The summed E-state index contributed by atoms with van der Waals surface area (Å²) >= 11 is 0. The molecule has 1 saturated heterocycles. The molecule has 1 aromatic carbocycles. The van der Waals surface area contributed by atoms with E-state index in [1.807, 2.05) is 12.1 Å². The zero-order chi connectivity index (χ0) is 13.0. The number of anilines is 1. The smallest absolute Gasteiger partial charge is 0.321 e. The van der Waals surface area contributed by atoms with Gasteiger partial charge in [-0.2, -0.15) is 0 Å². The molecule has 0 aromatic heterocycles. The monoisotopic (exact) mass is 248 g/mol. The Labute approximate surface area is 106 Å². The van der Waals surface area contributed by atoms with Gasteiger partial charge in [0.1, 0.15) is 11.5 Å². The van der Waals surface area contributed by atoms with Crippen LogP contribution in [0.5, 0.6) is 5.75 Å². The molecule has 0 bridgehead atoms. The van der Waals surface area contributed by atoms with Gasteiger partial charge < -0.3 is 15.0 Å². The van der Waals surface area contributed by atoms with E-state index in [9.17, 15) is 9.59 Å². The lowest BCUT2D eigenvalue weighted by Gasteiger charge is -2.26. The van der Waals surface area contributed by atoms with Gasteiger partial charge in [-0.15, -0.1) is 0 Å². The Morgan fingerprint density at radius 3 is 2.61 bits per heavy atom. The first-order valence-electron chi connectivity index (χ1n) is 5.91. The highest BCUT2D eigenvalue weighted by molar-refractivity contribution is 5.92. The van der Waals surface area contributed by atoms with Crippen LogP contribution in [0.1, 0.15) is 12.8 Å². The summed E-state index contributed by atoms with van der Waals surface area (Å²) in [5.74, 6) is 0.843. The fraction of sp³-hybridized carbons (Fsp3) is 0.385. The second-order valence-electron chi connectivity index (χ2n) is 4.16. The number of carbonyl (C=O) groups is 2. The van der Waals surface area contributed by atoms with Crippen LogP contribution in [0.3, 0.4) is 0 Å². The molecule has 96 valence electrons. The number of carbonyl (C=O) groups excluding carboxylic acids is 2. The average Bonchev–Trinajstić information content (AvgIpc) is 2.40. The number of hydrogen-bond donors (Lipinski definition) is 1. The molecule has 1 aliphatic rings. The standard InChI is InChI=1S/C13H16N2O3/c1-18-12-5-3-2-4-11(12)14-13(17)15-8-6-10(16)7-9-15/h2-5H,6-9H2,1H3,(H,14,17). The summed E-state index contributed by atoms with van der Waals surface area (Å²) in [6, 6.07) is 7.06. The van der Waals surface area contributed by atoms with Crippen LogP contribution in [0.25, 0.3) is 0 Å². The summed E-state index contributed by atoms with van der Waals surface area (Å²) in [5.41, 5.74) is 0.641. The van der Waals surface area contributed by atoms with Crippen LogP contribution in [-0.2, 0) is 4.79 Å². The lowest BCUT2D eigenvalue weighted by molar-refractivity contribution is -0.120. The summed E-state index contributed by atoms with van der Waals surface area (Å²) < 4.78 is 5.16. The fourth-order valence-corrected chi connectivity index (χ4v) is 1.90. The summed E-state index contributed by atoms with van der Waals surface area (Å²) in [4.78, 5) is 24.7. The zero-order valence-electron chi connectivity index (χ0n) is 10.3. The van der Waals surface area contributed by atoms with Crippen molar-refractivity contribution in [1.82, 2.24) is 4.90 Å². The van der Waals surface area contributed by atoms with Crippen molar-refractivity contribution in [2.24, 2.45) is 0 Å². The molecule has 1 heterocycles. The fourth-order valence-electron chi connectivity index (χ4n) is 1.90. The van der Waals surface area contributed by atoms with Gasteiger partial charge in [-0.1, -0.05) is 12.1 Å². The molecule has 0 saturated carbocycles. The Kier molecular flexibility index (Phi) is 3.82. The first kappa shape index (κ1) is 12.4. The lowest BCUT2D eigenvalue weighted by atomic mass is 10.1. The van der Waals surface area contributed by atoms with E-state index in [1.54, 1.807) is 24.1 Å². The number of urea groups is 1. The van der Waals surface area contributed by atoms with Crippen LogP contribution in [0.15, 0.2) is 24.3 Å². The normalized spacial score (nSPS) is 15.4. The number of methoxy groups -OCH3 is 1. The van der Waals surface area contributed by atoms with Crippen LogP contribution in [0.4, 0.5) is 10.5 Å². The molecular weight excluding hydrogens is 232 g/mol. The molecule has 0 spiro atoms. The van der Waals surface area contributed by atoms with Gasteiger partial charge >= 0.3 is 6.03 Å². The maximum Gasteiger partial charge on any atom is 0.321 e. The van der Waals surface area contributed by atoms with Crippen molar-refractivity contribution in [3.63, 3.8) is 0 Å². The first-order valence-corrected chi connectivity index (χ1v) is 5.91. The minimum absolute atomic E-state index is 0.188. The van der Waals surface area contributed by atoms with Gasteiger partial charge in [-0.25, -0.2) is 4.79 Å². The number of nitrogens with zero attached hydrogens (tertiary/aromatic N) is 1. The number of para-hydroxylation sites is 2. The third-order valence-electron chi connectivity index (χ3n) is 2.96. The van der Waals surface area contributed by atoms with Crippen molar-refractivity contribution in [3.8, 4) is 5.75 Å². The van der Waals surface area contributed by atoms with Gasteiger partial charge in [-0.05, 0) is 12.1 Å². The van der Waals surface area contributed by atoms with Crippen LogP contribution >= 0.6 is 0 Å². The van der Waals surface area contributed by atoms with E-state index in [4.69, 9.17) is 4.74 Å². The molecule has 0 aliphatic carbocycles. The van der Waals surface area contributed by atoms with E-state index in [-0.39, 0.29) is 11.8 Å². The Bertz CT molecular complexity index is 449. The third kappa shape index (κ3) is 2.80.